The molecule has 6 heterocycles. The van der Waals surface area contributed by atoms with Crippen LogP contribution >= 0.6 is 11.6 Å². The molecule has 0 unspecified atom stereocenters. The number of halogens is 4. The first-order valence-electron chi connectivity index (χ1n) is 16.0. The number of rotatable bonds is 7. The molecule has 13 nitrogen and oxygen atoms in total. The number of carbonyl (C=O) groups is 2. The highest BCUT2D eigenvalue weighted by molar-refractivity contribution is 6.33. The number of pyridine rings is 1. The first-order valence-corrected chi connectivity index (χ1v) is 16.3. The van der Waals surface area contributed by atoms with Crippen molar-refractivity contribution in [1.82, 2.24) is 34.0 Å². The largest absolute Gasteiger partial charge is 0.416 e. The van der Waals surface area contributed by atoms with E-state index in [-0.39, 0.29) is 28.9 Å². The van der Waals surface area contributed by atoms with E-state index in [2.05, 4.69) is 25.4 Å². The van der Waals surface area contributed by atoms with E-state index in [1.165, 1.54) is 4.52 Å². The van der Waals surface area contributed by atoms with Gasteiger partial charge >= 0.3 is 6.18 Å². The van der Waals surface area contributed by atoms with E-state index in [4.69, 9.17) is 16.3 Å². The van der Waals surface area contributed by atoms with Crippen molar-refractivity contribution in [3.63, 3.8) is 0 Å². The van der Waals surface area contributed by atoms with Crippen LogP contribution in [0, 0.1) is 0 Å². The highest BCUT2D eigenvalue weighted by Gasteiger charge is 2.32. The van der Waals surface area contributed by atoms with E-state index in [9.17, 15) is 27.6 Å². The minimum atomic E-state index is -4.60. The van der Waals surface area contributed by atoms with Crippen LogP contribution in [0.25, 0.3) is 22.4 Å². The summed E-state index contributed by atoms with van der Waals surface area (Å²) in [5.74, 6) is -0.327. The Hall–Kier alpha value is -5.22. The molecule has 0 atom stereocenters. The lowest BCUT2D eigenvalue weighted by atomic mass is 10.1. The zero-order chi connectivity index (χ0) is 35.2. The minimum Gasteiger partial charge on any atom is -0.377 e. The summed E-state index contributed by atoms with van der Waals surface area (Å²) in [5, 5.41) is 6.87. The van der Waals surface area contributed by atoms with Crippen molar-refractivity contribution in [2.75, 3.05) is 49.6 Å². The van der Waals surface area contributed by atoms with Crippen LogP contribution in [0.2, 0.25) is 5.02 Å². The van der Waals surface area contributed by atoms with Gasteiger partial charge in [0, 0.05) is 32.4 Å². The molecule has 2 aliphatic rings. The number of ether oxygens (including phenoxy) is 1. The topological polar surface area (TPSA) is 143 Å². The maximum absolute atomic E-state index is 14.2. The first kappa shape index (κ1) is 33.3. The Labute approximate surface area is 287 Å². The monoisotopic (exact) mass is 709 g/mol. The van der Waals surface area contributed by atoms with Crippen LogP contribution in [-0.2, 0) is 28.7 Å². The predicted octanol–water partition coefficient (Wildman–Crippen LogP) is 4.41. The molecule has 0 spiro atoms. The molecule has 0 aliphatic carbocycles. The van der Waals surface area contributed by atoms with Gasteiger partial charge in [0.05, 0.1) is 46.2 Å². The van der Waals surface area contributed by atoms with Gasteiger partial charge in [0.15, 0.2) is 5.82 Å². The number of nitrogens with zero attached hydrogens (tertiary/aromatic N) is 7. The molecule has 0 saturated carbocycles. The molecule has 4 aromatic heterocycles. The fraction of sp³-hybridized carbons (Fsp3) is 0.333. The number of benzene rings is 1. The van der Waals surface area contributed by atoms with E-state index >= 15 is 0 Å². The van der Waals surface area contributed by atoms with Gasteiger partial charge in [-0.2, -0.15) is 22.7 Å². The van der Waals surface area contributed by atoms with Gasteiger partial charge in [-0.1, -0.05) is 24.6 Å². The Morgan fingerprint density at radius 2 is 1.92 bits per heavy atom. The third-order valence-corrected chi connectivity index (χ3v) is 9.10. The van der Waals surface area contributed by atoms with Crippen molar-refractivity contribution in [1.29, 1.82) is 0 Å². The zero-order valence-corrected chi connectivity index (χ0v) is 27.5. The normalized spacial score (nSPS) is 15.5. The Balaban J connectivity index is 1.21. The van der Waals surface area contributed by atoms with Gasteiger partial charge in [-0.15, -0.1) is 5.10 Å². The predicted molar refractivity (Wildman–Crippen MR) is 179 cm³/mol. The summed E-state index contributed by atoms with van der Waals surface area (Å²) in [6.45, 7) is 3.64. The molecule has 1 aromatic carbocycles. The standard InChI is InChI=1S/C33H31ClF3N9O4/c1-2-26-28(43-10-12-44(13-11-43)30(48)25-17-24-23(39-25)4-3-9-38-24)31(49)46-32(41-29(42-46)19-7-14-50-15-8-19)45(26)18-27(47)40-22-6-5-20(16-21(22)34)33(35,36)37/h3-7,9,16-17,39H,2,8,10-15,18H2,1H3,(H,40,47). The molecule has 0 radical (unpaired) electrons. The smallest absolute Gasteiger partial charge is 0.377 e. The third kappa shape index (κ3) is 6.31. The number of amides is 2. The van der Waals surface area contributed by atoms with Crippen LogP contribution in [0.3, 0.4) is 0 Å². The molecule has 1 fully saturated rings. The Kier molecular flexibility index (Phi) is 8.82. The van der Waals surface area contributed by atoms with Crippen molar-refractivity contribution >= 4 is 57.2 Å². The van der Waals surface area contributed by atoms with Crippen LogP contribution in [0.4, 0.5) is 24.5 Å². The summed E-state index contributed by atoms with van der Waals surface area (Å²) in [4.78, 5) is 56.7. The highest BCUT2D eigenvalue weighted by Crippen LogP contribution is 2.34. The van der Waals surface area contributed by atoms with Gasteiger partial charge in [0.2, 0.25) is 11.7 Å². The van der Waals surface area contributed by atoms with Crippen LogP contribution < -0.4 is 15.8 Å². The number of alkyl halides is 3. The summed E-state index contributed by atoms with van der Waals surface area (Å²) in [6.07, 6.45) is -0.237. The molecule has 7 rings (SSSR count). The number of H-pyrrole nitrogens is 1. The molecule has 260 valence electrons. The minimum absolute atomic E-state index is 0.000977. The van der Waals surface area contributed by atoms with Crippen LogP contribution in [-0.4, -0.2) is 85.2 Å². The summed E-state index contributed by atoms with van der Waals surface area (Å²) in [5.41, 5.74) is 2.12. The van der Waals surface area contributed by atoms with Crippen LogP contribution in [0.5, 0.6) is 0 Å². The number of anilines is 2. The summed E-state index contributed by atoms with van der Waals surface area (Å²) < 4.78 is 47.8. The van der Waals surface area contributed by atoms with E-state index in [0.717, 1.165) is 29.3 Å². The molecular formula is C33H31ClF3N9O4. The second kappa shape index (κ2) is 13.2. The number of nitrogens with one attached hydrogen (secondary N) is 2. The average molecular weight is 710 g/mol. The number of fused-ring (bicyclic) bond motifs is 2. The fourth-order valence-electron chi connectivity index (χ4n) is 6.30. The maximum Gasteiger partial charge on any atom is 0.416 e. The molecular weight excluding hydrogens is 679 g/mol. The first-order chi connectivity index (χ1) is 24.0. The number of carbonyl (C=O) groups excluding carboxylic acids is 2. The maximum atomic E-state index is 14.2. The molecule has 2 amide bonds. The quantitative estimate of drug-likeness (QED) is 0.253. The van der Waals surface area contributed by atoms with Crippen molar-refractivity contribution in [3.05, 3.63) is 86.8 Å². The summed E-state index contributed by atoms with van der Waals surface area (Å²) in [6, 6.07) is 8.02. The number of hydrogen-bond donors (Lipinski definition) is 2. The Morgan fingerprint density at radius 1 is 1.12 bits per heavy atom. The van der Waals surface area contributed by atoms with Crippen molar-refractivity contribution in [2.24, 2.45) is 0 Å². The van der Waals surface area contributed by atoms with E-state index in [1.807, 2.05) is 24.0 Å². The summed E-state index contributed by atoms with van der Waals surface area (Å²) in [7, 11) is 0. The van der Waals surface area contributed by atoms with Crippen molar-refractivity contribution in [3.8, 4) is 0 Å². The molecule has 2 aliphatic heterocycles. The molecule has 5 aromatic rings. The van der Waals surface area contributed by atoms with Gasteiger partial charge < -0.3 is 29.4 Å². The highest BCUT2D eigenvalue weighted by atomic mass is 35.5. The van der Waals surface area contributed by atoms with Gasteiger partial charge in [-0.25, -0.2) is 0 Å². The molecule has 50 heavy (non-hydrogen) atoms. The molecule has 2 N–H and O–H groups in total. The molecule has 0 bridgehead atoms. The number of aromatic amines is 1. The van der Waals surface area contributed by atoms with Gasteiger partial charge in [-0.3, -0.25) is 19.4 Å². The molecule has 1 saturated heterocycles. The van der Waals surface area contributed by atoms with Crippen molar-refractivity contribution in [2.45, 2.75) is 32.5 Å². The second-order valence-electron chi connectivity index (χ2n) is 11.9. The van der Waals surface area contributed by atoms with Crippen LogP contribution in [0.1, 0.15) is 40.9 Å². The lowest BCUT2D eigenvalue weighted by Gasteiger charge is -2.36. The van der Waals surface area contributed by atoms with Crippen LogP contribution in [0.15, 0.2) is 53.5 Å². The zero-order valence-electron chi connectivity index (χ0n) is 26.8. The molecule has 17 heteroatoms. The second-order valence-corrected chi connectivity index (χ2v) is 12.3. The Morgan fingerprint density at radius 3 is 2.60 bits per heavy atom. The van der Waals surface area contributed by atoms with Crippen molar-refractivity contribution < 1.29 is 27.5 Å². The lowest BCUT2D eigenvalue weighted by Crippen LogP contribution is -2.51. The lowest BCUT2D eigenvalue weighted by molar-refractivity contribution is -0.137. The average Bonchev–Trinajstić information content (AvgIpc) is 3.76. The van der Waals surface area contributed by atoms with E-state index in [1.54, 1.807) is 27.8 Å². The number of hydrogen-bond acceptors (Lipinski definition) is 8. The van der Waals surface area contributed by atoms with E-state index < -0.39 is 23.2 Å². The number of piperazine rings is 1. The Bertz CT molecular complexity index is 2180. The fourth-order valence-corrected chi connectivity index (χ4v) is 6.52. The SMILES string of the molecule is CCc1c(N2CCN(C(=O)c3cc4ncccc4[nH]3)CC2)c(=O)n2nc(C3=CCOCC3)nc2n1CC(=O)Nc1ccc(C(F)(F)F)cc1Cl. The number of aromatic nitrogens is 6. The van der Waals surface area contributed by atoms with Gasteiger partial charge in [0.1, 0.15) is 17.9 Å². The van der Waals surface area contributed by atoms with Gasteiger partial charge in [0.25, 0.3) is 11.5 Å². The third-order valence-electron chi connectivity index (χ3n) is 8.79. The summed E-state index contributed by atoms with van der Waals surface area (Å²) >= 11 is 6.12. The van der Waals surface area contributed by atoms with Gasteiger partial charge in [-0.05, 0) is 54.8 Å². The van der Waals surface area contributed by atoms with E-state index in [0.29, 0.717) is 80.7 Å².